The number of rotatable bonds is 5. The van der Waals surface area contributed by atoms with E-state index in [1.807, 2.05) is 12.1 Å². The third-order valence-electron chi connectivity index (χ3n) is 3.47. The molecule has 112 valence electrons. The van der Waals surface area contributed by atoms with Gasteiger partial charge in [-0.05, 0) is 29.7 Å². The van der Waals surface area contributed by atoms with Crippen molar-refractivity contribution in [1.29, 1.82) is 0 Å². The minimum atomic E-state index is -0.252. The van der Waals surface area contributed by atoms with Crippen LogP contribution in [-0.2, 0) is 17.8 Å². The van der Waals surface area contributed by atoms with E-state index in [-0.39, 0.29) is 18.3 Å². The second kappa shape index (κ2) is 7.36. The number of amides is 1. The van der Waals surface area contributed by atoms with E-state index in [1.165, 1.54) is 11.1 Å². The van der Waals surface area contributed by atoms with E-state index in [2.05, 4.69) is 4.90 Å². The number of hydrogen-bond donors (Lipinski definition) is 1. The summed E-state index contributed by atoms with van der Waals surface area (Å²) < 4.78 is 10.6. The van der Waals surface area contributed by atoms with Crippen molar-refractivity contribution in [2.24, 2.45) is 5.73 Å². The Balaban J connectivity index is 0.00000200. The predicted octanol–water partition coefficient (Wildman–Crippen LogP) is 1.36. The number of nitrogens with two attached hydrogens (primary N) is 1. The van der Waals surface area contributed by atoms with Gasteiger partial charge in [-0.3, -0.25) is 9.69 Å². The highest BCUT2D eigenvalue weighted by atomic mass is 35.5. The Morgan fingerprint density at radius 1 is 1.25 bits per heavy atom. The van der Waals surface area contributed by atoms with Crippen molar-refractivity contribution in [3.8, 4) is 11.5 Å². The van der Waals surface area contributed by atoms with Gasteiger partial charge in [0.25, 0.3) is 0 Å². The number of nitrogens with zero attached hydrogens (tertiary/aromatic N) is 1. The molecule has 0 atom stereocenters. The monoisotopic (exact) mass is 300 g/mol. The summed E-state index contributed by atoms with van der Waals surface area (Å²) in [6, 6.07) is 4.06. The molecule has 1 heterocycles. The molecule has 20 heavy (non-hydrogen) atoms. The molecule has 0 unspecified atom stereocenters. The van der Waals surface area contributed by atoms with Gasteiger partial charge in [0, 0.05) is 26.1 Å². The van der Waals surface area contributed by atoms with Crippen LogP contribution in [0.5, 0.6) is 11.5 Å². The van der Waals surface area contributed by atoms with Gasteiger partial charge in [0.2, 0.25) is 5.91 Å². The van der Waals surface area contributed by atoms with Gasteiger partial charge in [-0.25, -0.2) is 0 Å². The Bertz CT molecular complexity index is 480. The number of primary amides is 1. The molecule has 0 saturated carbocycles. The molecular weight excluding hydrogens is 280 g/mol. The molecule has 1 amide bonds. The van der Waals surface area contributed by atoms with Crippen LogP contribution in [0.15, 0.2) is 12.1 Å². The molecule has 0 saturated heterocycles. The molecular formula is C14H21ClN2O3. The molecule has 0 aliphatic carbocycles. The zero-order valence-electron chi connectivity index (χ0n) is 11.8. The van der Waals surface area contributed by atoms with Crippen molar-refractivity contribution in [2.45, 2.75) is 19.4 Å². The standard InChI is InChI=1S/C14H20N2O3.ClH/c1-18-12-7-10-3-5-16(6-4-14(15)17)9-11(10)8-13(12)19-2;/h7-8H,3-6,9H2,1-2H3,(H2,15,17);1H. The second-order valence-corrected chi connectivity index (χ2v) is 4.72. The van der Waals surface area contributed by atoms with Gasteiger partial charge in [0.1, 0.15) is 0 Å². The van der Waals surface area contributed by atoms with Crippen LogP contribution in [0.4, 0.5) is 0 Å². The van der Waals surface area contributed by atoms with Gasteiger partial charge in [-0.2, -0.15) is 0 Å². The quantitative estimate of drug-likeness (QED) is 0.892. The van der Waals surface area contributed by atoms with E-state index in [0.29, 0.717) is 13.0 Å². The summed E-state index contributed by atoms with van der Waals surface area (Å²) in [5.41, 5.74) is 7.70. The Kier molecular flexibility index (Phi) is 6.10. The Morgan fingerprint density at radius 2 is 1.85 bits per heavy atom. The lowest BCUT2D eigenvalue weighted by atomic mass is 9.98. The third-order valence-corrected chi connectivity index (χ3v) is 3.47. The summed E-state index contributed by atoms with van der Waals surface area (Å²) in [6.07, 6.45) is 1.36. The lowest BCUT2D eigenvalue weighted by Crippen LogP contribution is -2.33. The van der Waals surface area contributed by atoms with E-state index in [0.717, 1.165) is 31.0 Å². The topological polar surface area (TPSA) is 64.8 Å². The lowest BCUT2D eigenvalue weighted by Gasteiger charge is -2.29. The maximum Gasteiger partial charge on any atom is 0.218 e. The van der Waals surface area contributed by atoms with Gasteiger partial charge in [0.15, 0.2) is 11.5 Å². The first-order valence-electron chi connectivity index (χ1n) is 6.38. The van der Waals surface area contributed by atoms with Gasteiger partial charge >= 0.3 is 0 Å². The Hall–Kier alpha value is -1.46. The molecule has 0 bridgehead atoms. The lowest BCUT2D eigenvalue weighted by molar-refractivity contribution is -0.118. The molecule has 1 aliphatic rings. The highest BCUT2D eigenvalue weighted by molar-refractivity contribution is 5.85. The minimum Gasteiger partial charge on any atom is -0.493 e. The van der Waals surface area contributed by atoms with Crippen LogP contribution in [0.1, 0.15) is 17.5 Å². The van der Waals surface area contributed by atoms with Crippen molar-refractivity contribution < 1.29 is 14.3 Å². The summed E-state index contributed by atoms with van der Waals surface area (Å²) >= 11 is 0. The molecule has 1 aliphatic heterocycles. The third kappa shape index (κ3) is 3.77. The minimum absolute atomic E-state index is 0. The van der Waals surface area contributed by atoms with Gasteiger partial charge < -0.3 is 15.2 Å². The summed E-state index contributed by atoms with van der Waals surface area (Å²) in [5.74, 6) is 1.27. The molecule has 1 aromatic carbocycles. The first kappa shape index (κ1) is 16.6. The fourth-order valence-corrected chi connectivity index (χ4v) is 2.40. The van der Waals surface area contributed by atoms with Crippen molar-refractivity contribution in [1.82, 2.24) is 4.90 Å². The van der Waals surface area contributed by atoms with E-state index in [1.54, 1.807) is 14.2 Å². The first-order chi connectivity index (χ1) is 9.13. The van der Waals surface area contributed by atoms with E-state index < -0.39 is 0 Å². The van der Waals surface area contributed by atoms with Crippen LogP contribution < -0.4 is 15.2 Å². The fraction of sp³-hybridized carbons (Fsp3) is 0.500. The normalized spacial score (nSPS) is 14.1. The molecule has 0 radical (unpaired) electrons. The molecule has 0 aromatic heterocycles. The predicted molar refractivity (Wildman–Crippen MR) is 79.6 cm³/mol. The van der Waals surface area contributed by atoms with Crippen molar-refractivity contribution >= 4 is 18.3 Å². The smallest absolute Gasteiger partial charge is 0.218 e. The van der Waals surface area contributed by atoms with Gasteiger partial charge in [-0.15, -0.1) is 12.4 Å². The fourth-order valence-electron chi connectivity index (χ4n) is 2.40. The number of ether oxygens (including phenoxy) is 2. The average Bonchev–Trinajstić information content (AvgIpc) is 2.43. The zero-order valence-corrected chi connectivity index (χ0v) is 12.7. The molecule has 0 spiro atoms. The molecule has 2 N–H and O–H groups in total. The maximum atomic E-state index is 10.8. The molecule has 0 fully saturated rings. The number of fused-ring (bicyclic) bond motifs is 1. The maximum absolute atomic E-state index is 10.8. The average molecular weight is 301 g/mol. The van der Waals surface area contributed by atoms with Crippen molar-refractivity contribution in [3.05, 3.63) is 23.3 Å². The Labute approximate surface area is 125 Å². The summed E-state index contributed by atoms with van der Waals surface area (Å²) in [4.78, 5) is 13.1. The Morgan fingerprint density at radius 3 is 2.40 bits per heavy atom. The number of methoxy groups -OCH3 is 2. The van der Waals surface area contributed by atoms with E-state index in [9.17, 15) is 4.79 Å². The van der Waals surface area contributed by atoms with Crippen LogP contribution in [0.2, 0.25) is 0 Å². The number of halogens is 1. The van der Waals surface area contributed by atoms with Gasteiger partial charge in [0.05, 0.1) is 14.2 Å². The molecule has 6 heteroatoms. The molecule has 1 aromatic rings. The highest BCUT2D eigenvalue weighted by Gasteiger charge is 2.19. The van der Waals surface area contributed by atoms with Crippen LogP contribution in [0, 0.1) is 0 Å². The summed E-state index contributed by atoms with van der Waals surface area (Å²) in [6.45, 7) is 2.47. The van der Waals surface area contributed by atoms with E-state index >= 15 is 0 Å². The summed E-state index contributed by atoms with van der Waals surface area (Å²) in [5, 5.41) is 0. The number of hydrogen-bond acceptors (Lipinski definition) is 4. The second-order valence-electron chi connectivity index (χ2n) is 4.72. The van der Waals surface area contributed by atoms with Gasteiger partial charge in [-0.1, -0.05) is 0 Å². The first-order valence-corrected chi connectivity index (χ1v) is 6.38. The number of carbonyl (C=O) groups excluding carboxylic acids is 1. The van der Waals surface area contributed by atoms with Crippen LogP contribution >= 0.6 is 12.4 Å². The SMILES string of the molecule is COc1cc2c(cc1OC)CN(CCC(N)=O)CC2.Cl. The van der Waals surface area contributed by atoms with E-state index in [4.69, 9.17) is 15.2 Å². The van der Waals surface area contributed by atoms with Crippen molar-refractivity contribution in [3.63, 3.8) is 0 Å². The molecule has 2 rings (SSSR count). The van der Waals surface area contributed by atoms with Crippen molar-refractivity contribution in [2.75, 3.05) is 27.3 Å². The number of carbonyl (C=O) groups is 1. The highest BCUT2D eigenvalue weighted by Crippen LogP contribution is 2.33. The molecule has 5 nitrogen and oxygen atoms in total. The van der Waals surface area contributed by atoms with Crippen LogP contribution in [-0.4, -0.2) is 38.1 Å². The largest absolute Gasteiger partial charge is 0.493 e. The van der Waals surface area contributed by atoms with Crippen LogP contribution in [0.3, 0.4) is 0 Å². The van der Waals surface area contributed by atoms with Crippen LogP contribution in [0.25, 0.3) is 0 Å². The number of benzene rings is 1. The summed E-state index contributed by atoms with van der Waals surface area (Å²) in [7, 11) is 3.28. The zero-order chi connectivity index (χ0) is 13.8.